The molecule has 5 heteroatoms. The zero-order valence-electron chi connectivity index (χ0n) is 14.6. The van der Waals surface area contributed by atoms with Gasteiger partial charge in [-0.25, -0.2) is 0 Å². The summed E-state index contributed by atoms with van der Waals surface area (Å²) in [4.78, 5) is 25.1. The van der Waals surface area contributed by atoms with Crippen molar-refractivity contribution in [3.63, 3.8) is 0 Å². The van der Waals surface area contributed by atoms with Gasteiger partial charge in [-0.1, -0.05) is 6.92 Å². The molecule has 0 spiro atoms. The Bertz CT molecular complexity index is 695. The molecule has 1 saturated carbocycles. The molecule has 1 fully saturated rings. The molecule has 0 aromatic heterocycles. The summed E-state index contributed by atoms with van der Waals surface area (Å²) in [6.07, 6.45) is 0.320. The number of ketones is 1. The lowest BCUT2D eigenvalue weighted by atomic mass is 9.52. The van der Waals surface area contributed by atoms with Gasteiger partial charge in [-0.05, 0) is 48.6 Å². The SMILES string of the molecule is COC(=O)[C@]12CCc3cc(OC)cc(C)c3[C@H]1CC(=O)[C@H](O)[C@@H]2C. The van der Waals surface area contributed by atoms with Crippen LogP contribution in [0.5, 0.6) is 5.75 Å². The predicted octanol–water partition coefficient (Wildman–Crippen LogP) is 2.16. The Morgan fingerprint density at radius 1 is 1.33 bits per heavy atom. The maximum absolute atomic E-state index is 12.8. The number of Topliss-reactive ketones (excluding diaryl/α,β-unsaturated/α-hetero) is 1. The molecule has 0 heterocycles. The fourth-order valence-electron chi connectivity index (χ4n) is 4.76. The highest BCUT2D eigenvalue weighted by Gasteiger charge is 2.60. The quantitative estimate of drug-likeness (QED) is 0.840. The molecule has 0 unspecified atom stereocenters. The number of esters is 1. The van der Waals surface area contributed by atoms with E-state index in [1.165, 1.54) is 7.11 Å². The van der Waals surface area contributed by atoms with Gasteiger partial charge in [0, 0.05) is 18.3 Å². The van der Waals surface area contributed by atoms with E-state index in [9.17, 15) is 14.7 Å². The lowest BCUT2D eigenvalue weighted by Crippen LogP contribution is -2.56. The first-order valence-corrected chi connectivity index (χ1v) is 8.33. The van der Waals surface area contributed by atoms with Crippen molar-refractivity contribution in [2.45, 2.75) is 45.1 Å². The van der Waals surface area contributed by atoms with Crippen LogP contribution in [0, 0.1) is 18.3 Å². The second kappa shape index (κ2) is 5.88. The molecule has 0 amide bonds. The van der Waals surface area contributed by atoms with E-state index in [0.717, 1.165) is 22.4 Å². The van der Waals surface area contributed by atoms with E-state index in [1.54, 1.807) is 14.0 Å². The third kappa shape index (κ3) is 2.18. The minimum atomic E-state index is -1.11. The number of fused-ring (bicyclic) bond motifs is 3. The molecule has 2 aliphatic rings. The van der Waals surface area contributed by atoms with Crippen LogP contribution in [0.25, 0.3) is 0 Å². The van der Waals surface area contributed by atoms with Gasteiger partial charge in [0.2, 0.25) is 0 Å². The number of carbonyl (C=O) groups is 2. The molecule has 3 rings (SSSR count). The van der Waals surface area contributed by atoms with Gasteiger partial charge >= 0.3 is 5.97 Å². The maximum atomic E-state index is 12.8. The third-order valence-corrected chi connectivity index (χ3v) is 6.05. The molecule has 0 bridgehead atoms. The van der Waals surface area contributed by atoms with Crippen LogP contribution in [-0.2, 0) is 20.7 Å². The molecule has 5 nitrogen and oxygen atoms in total. The van der Waals surface area contributed by atoms with Gasteiger partial charge in [-0.15, -0.1) is 0 Å². The van der Waals surface area contributed by atoms with Crippen molar-refractivity contribution in [2.75, 3.05) is 14.2 Å². The molecular weight excluding hydrogens is 308 g/mol. The monoisotopic (exact) mass is 332 g/mol. The van der Waals surface area contributed by atoms with Crippen LogP contribution >= 0.6 is 0 Å². The molecule has 1 aromatic rings. The summed E-state index contributed by atoms with van der Waals surface area (Å²) in [7, 11) is 3.01. The van der Waals surface area contributed by atoms with Crippen molar-refractivity contribution >= 4 is 11.8 Å². The minimum absolute atomic E-state index is 0.167. The molecular formula is C19H24O5. The Hall–Kier alpha value is -1.88. The van der Waals surface area contributed by atoms with E-state index in [1.807, 2.05) is 19.1 Å². The number of methoxy groups -OCH3 is 2. The van der Waals surface area contributed by atoms with E-state index >= 15 is 0 Å². The Labute approximate surface area is 142 Å². The summed E-state index contributed by atoms with van der Waals surface area (Å²) in [6, 6.07) is 3.93. The lowest BCUT2D eigenvalue weighted by molar-refractivity contribution is -0.170. The van der Waals surface area contributed by atoms with E-state index in [-0.39, 0.29) is 24.1 Å². The molecule has 24 heavy (non-hydrogen) atoms. The van der Waals surface area contributed by atoms with Crippen molar-refractivity contribution in [3.05, 3.63) is 28.8 Å². The Kier molecular flexibility index (Phi) is 4.16. The fourth-order valence-corrected chi connectivity index (χ4v) is 4.76. The van der Waals surface area contributed by atoms with E-state index in [2.05, 4.69) is 0 Å². The van der Waals surface area contributed by atoms with Gasteiger partial charge in [0.15, 0.2) is 5.78 Å². The van der Waals surface area contributed by atoms with Crippen molar-refractivity contribution in [1.82, 2.24) is 0 Å². The van der Waals surface area contributed by atoms with Gasteiger partial charge in [0.1, 0.15) is 11.9 Å². The summed E-state index contributed by atoms with van der Waals surface area (Å²) in [5.74, 6) is -0.467. The number of hydrogen-bond donors (Lipinski definition) is 1. The highest BCUT2D eigenvalue weighted by molar-refractivity contribution is 5.90. The topological polar surface area (TPSA) is 72.8 Å². The molecule has 0 radical (unpaired) electrons. The number of aliphatic hydroxyl groups excluding tert-OH is 1. The average molecular weight is 332 g/mol. The van der Waals surface area contributed by atoms with E-state index in [0.29, 0.717) is 12.8 Å². The van der Waals surface area contributed by atoms with Crippen LogP contribution in [0.1, 0.15) is 42.4 Å². The number of hydrogen-bond acceptors (Lipinski definition) is 5. The second-order valence-electron chi connectivity index (χ2n) is 7.01. The normalized spacial score (nSPS) is 31.9. The summed E-state index contributed by atoms with van der Waals surface area (Å²) in [5.41, 5.74) is 2.32. The van der Waals surface area contributed by atoms with Gasteiger partial charge in [-0.2, -0.15) is 0 Å². The smallest absolute Gasteiger partial charge is 0.312 e. The minimum Gasteiger partial charge on any atom is -0.497 e. The summed E-state index contributed by atoms with van der Waals surface area (Å²) in [5, 5.41) is 10.3. The van der Waals surface area contributed by atoms with Gasteiger partial charge < -0.3 is 14.6 Å². The number of ether oxygens (including phenoxy) is 2. The van der Waals surface area contributed by atoms with Crippen LogP contribution in [0.3, 0.4) is 0 Å². The van der Waals surface area contributed by atoms with Crippen molar-refractivity contribution < 1.29 is 24.2 Å². The zero-order valence-corrected chi connectivity index (χ0v) is 14.6. The van der Waals surface area contributed by atoms with Crippen LogP contribution in [0.4, 0.5) is 0 Å². The molecule has 1 N–H and O–H groups in total. The number of aliphatic hydroxyl groups is 1. The van der Waals surface area contributed by atoms with Gasteiger partial charge in [0.25, 0.3) is 0 Å². The second-order valence-corrected chi connectivity index (χ2v) is 7.01. The summed E-state index contributed by atoms with van der Waals surface area (Å²) >= 11 is 0. The lowest BCUT2D eigenvalue weighted by Gasteiger charge is -2.51. The maximum Gasteiger partial charge on any atom is 0.312 e. The first kappa shape index (κ1) is 17.0. The van der Waals surface area contributed by atoms with E-state index in [4.69, 9.17) is 9.47 Å². The van der Waals surface area contributed by atoms with Crippen molar-refractivity contribution in [2.24, 2.45) is 11.3 Å². The summed E-state index contributed by atoms with van der Waals surface area (Å²) < 4.78 is 10.5. The van der Waals surface area contributed by atoms with Crippen LogP contribution in [-0.4, -0.2) is 37.2 Å². The molecule has 130 valence electrons. The number of rotatable bonds is 2. The van der Waals surface area contributed by atoms with Gasteiger partial charge in [0.05, 0.1) is 19.6 Å². The van der Waals surface area contributed by atoms with Crippen LogP contribution < -0.4 is 4.74 Å². The highest BCUT2D eigenvalue weighted by Crippen LogP contribution is 2.57. The first-order chi connectivity index (χ1) is 11.4. The molecule has 2 aliphatic carbocycles. The first-order valence-electron chi connectivity index (χ1n) is 8.33. The number of carbonyl (C=O) groups excluding carboxylic acids is 2. The van der Waals surface area contributed by atoms with Crippen LogP contribution in [0.2, 0.25) is 0 Å². The van der Waals surface area contributed by atoms with Crippen LogP contribution in [0.15, 0.2) is 12.1 Å². The third-order valence-electron chi connectivity index (χ3n) is 6.05. The summed E-state index contributed by atoms with van der Waals surface area (Å²) in [6.45, 7) is 3.77. The van der Waals surface area contributed by atoms with Crippen molar-refractivity contribution in [3.8, 4) is 5.75 Å². The molecule has 4 atom stereocenters. The average Bonchev–Trinajstić information content (AvgIpc) is 2.58. The van der Waals surface area contributed by atoms with Gasteiger partial charge in [-0.3, -0.25) is 9.59 Å². The zero-order chi connectivity index (χ0) is 17.6. The Morgan fingerprint density at radius 2 is 2.04 bits per heavy atom. The number of aryl methyl sites for hydroxylation is 2. The molecule has 0 aliphatic heterocycles. The Balaban J connectivity index is 2.20. The standard InChI is InChI=1S/C19H24O5/c1-10-7-13(23-3)8-12-5-6-19(18(22)24-4)11(2)17(21)15(20)9-14(19)16(10)12/h7-8,11,14,17,21H,5-6,9H2,1-4H3/t11-,14+,17+,19-/m0/s1. The number of benzene rings is 1. The molecule has 0 saturated heterocycles. The molecule has 1 aromatic carbocycles. The predicted molar refractivity (Wildman–Crippen MR) is 88.0 cm³/mol. The fraction of sp³-hybridized carbons (Fsp3) is 0.579. The Morgan fingerprint density at radius 3 is 2.67 bits per heavy atom. The largest absolute Gasteiger partial charge is 0.497 e. The van der Waals surface area contributed by atoms with Crippen molar-refractivity contribution in [1.29, 1.82) is 0 Å². The van der Waals surface area contributed by atoms with E-state index < -0.39 is 17.4 Å². The highest BCUT2D eigenvalue weighted by atomic mass is 16.5.